The van der Waals surface area contributed by atoms with E-state index in [0.717, 1.165) is 16.7 Å². The molecule has 0 saturated carbocycles. The fraction of sp³-hybridized carbons (Fsp3) is 0.357. The van der Waals surface area contributed by atoms with Crippen molar-refractivity contribution in [2.24, 2.45) is 5.92 Å². The molecule has 2 heterocycles. The van der Waals surface area contributed by atoms with E-state index in [0.29, 0.717) is 11.9 Å². The summed E-state index contributed by atoms with van der Waals surface area (Å²) in [5.74, 6) is 0.0378. The number of hydrogen-bond donors (Lipinski definition) is 1. The van der Waals surface area contributed by atoms with Crippen molar-refractivity contribution in [1.29, 1.82) is 0 Å². The number of ketones is 1. The number of fused-ring (bicyclic) bond motifs is 1. The van der Waals surface area contributed by atoms with Gasteiger partial charge in [-0.1, -0.05) is 50.2 Å². The lowest BCUT2D eigenvalue weighted by Gasteiger charge is -2.25. The standard InChI is InChI=1S/C28H31N3O5/c1-18(2)14-24(30-27(33)23-13-10-20-6-4-5-7-22(20)29-23)28(34)31-15-25(32)26(16-31)36-17-19-8-11-21(35-3)12-9-19/h4-13,18,24,26H,14-17H2,1-3H3,(H,30,33)/t24-,26?/m0/s1. The van der Waals surface area contributed by atoms with E-state index in [-0.39, 0.29) is 43.0 Å². The molecule has 1 N–H and O–H groups in total. The molecule has 36 heavy (non-hydrogen) atoms. The second-order valence-corrected chi connectivity index (χ2v) is 9.38. The van der Waals surface area contributed by atoms with Gasteiger partial charge < -0.3 is 19.7 Å². The van der Waals surface area contributed by atoms with Crippen molar-refractivity contribution in [1.82, 2.24) is 15.2 Å². The summed E-state index contributed by atoms with van der Waals surface area (Å²) >= 11 is 0. The number of likely N-dealkylation sites (tertiary alicyclic amines) is 1. The minimum atomic E-state index is -0.765. The number of nitrogens with zero attached hydrogens (tertiary/aromatic N) is 2. The average molecular weight is 490 g/mol. The molecular weight excluding hydrogens is 458 g/mol. The molecule has 4 rings (SSSR count). The average Bonchev–Trinajstić information content (AvgIpc) is 3.26. The van der Waals surface area contributed by atoms with Crippen molar-refractivity contribution in [2.75, 3.05) is 20.2 Å². The summed E-state index contributed by atoms with van der Waals surface area (Å²) in [6.07, 6.45) is -0.256. The summed E-state index contributed by atoms with van der Waals surface area (Å²) in [5.41, 5.74) is 1.86. The summed E-state index contributed by atoms with van der Waals surface area (Å²) < 4.78 is 11.0. The molecule has 2 amide bonds. The molecule has 1 aliphatic heterocycles. The van der Waals surface area contributed by atoms with Gasteiger partial charge in [0, 0.05) is 5.39 Å². The number of amides is 2. The Labute approximate surface area is 210 Å². The Morgan fingerprint density at radius 1 is 1.08 bits per heavy atom. The van der Waals surface area contributed by atoms with E-state index in [4.69, 9.17) is 9.47 Å². The van der Waals surface area contributed by atoms with Gasteiger partial charge >= 0.3 is 0 Å². The third kappa shape index (κ3) is 6.07. The number of carbonyl (C=O) groups is 3. The molecule has 0 bridgehead atoms. The molecule has 1 aliphatic rings. The predicted octanol–water partition coefficient (Wildman–Crippen LogP) is 3.38. The van der Waals surface area contributed by atoms with Crippen LogP contribution in [0, 0.1) is 5.92 Å². The van der Waals surface area contributed by atoms with E-state index in [9.17, 15) is 14.4 Å². The van der Waals surface area contributed by atoms with Gasteiger partial charge in [-0.3, -0.25) is 14.4 Å². The third-order valence-electron chi connectivity index (χ3n) is 6.16. The number of benzene rings is 2. The SMILES string of the molecule is COc1ccc(COC2CN(C(=O)[C@H](CC(C)C)NC(=O)c3ccc4ccccc4n3)CC2=O)cc1. The van der Waals surface area contributed by atoms with Gasteiger partial charge in [-0.2, -0.15) is 0 Å². The van der Waals surface area contributed by atoms with Crippen molar-refractivity contribution in [2.45, 2.75) is 39.0 Å². The van der Waals surface area contributed by atoms with Crippen molar-refractivity contribution >= 4 is 28.5 Å². The minimum absolute atomic E-state index is 0.0369. The molecule has 2 atom stereocenters. The number of rotatable bonds is 9. The Morgan fingerprint density at radius 3 is 2.56 bits per heavy atom. The normalized spacial score (nSPS) is 16.4. The van der Waals surface area contributed by atoms with Crippen LogP contribution in [0.25, 0.3) is 10.9 Å². The van der Waals surface area contributed by atoms with Crippen LogP contribution in [0.1, 0.15) is 36.3 Å². The molecule has 2 aromatic carbocycles. The van der Waals surface area contributed by atoms with E-state index < -0.39 is 18.1 Å². The molecule has 8 nitrogen and oxygen atoms in total. The first-order valence-corrected chi connectivity index (χ1v) is 12.1. The lowest BCUT2D eigenvalue weighted by Crippen LogP contribution is -2.49. The maximum absolute atomic E-state index is 13.4. The Balaban J connectivity index is 1.40. The van der Waals surface area contributed by atoms with Gasteiger partial charge in [-0.05, 0) is 42.2 Å². The van der Waals surface area contributed by atoms with Crippen molar-refractivity contribution in [3.05, 3.63) is 71.9 Å². The van der Waals surface area contributed by atoms with E-state index in [2.05, 4.69) is 10.3 Å². The maximum atomic E-state index is 13.4. The third-order valence-corrected chi connectivity index (χ3v) is 6.16. The van der Waals surface area contributed by atoms with Crippen molar-refractivity contribution < 1.29 is 23.9 Å². The van der Waals surface area contributed by atoms with Crippen LogP contribution in [0.15, 0.2) is 60.7 Å². The fourth-order valence-corrected chi connectivity index (χ4v) is 4.23. The summed E-state index contributed by atoms with van der Waals surface area (Å²) in [6, 6.07) is 17.6. The largest absolute Gasteiger partial charge is 0.497 e. The van der Waals surface area contributed by atoms with Gasteiger partial charge in [0.05, 0.1) is 32.3 Å². The molecule has 0 spiro atoms. The summed E-state index contributed by atoms with van der Waals surface area (Å²) in [4.78, 5) is 44.8. The molecule has 1 saturated heterocycles. The van der Waals surface area contributed by atoms with Crippen LogP contribution in [0.2, 0.25) is 0 Å². The number of aromatic nitrogens is 1. The van der Waals surface area contributed by atoms with Crippen LogP contribution in [0.3, 0.4) is 0 Å². The highest BCUT2D eigenvalue weighted by Gasteiger charge is 2.37. The van der Waals surface area contributed by atoms with Crippen LogP contribution >= 0.6 is 0 Å². The zero-order valence-corrected chi connectivity index (χ0v) is 20.8. The molecule has 1 unspecified atom stereocenters. The van der Waals surface area contributed by atoms with Crippen LogP contribution in [-0.4, -0.2) is 59.8 Å². The van der Waals surface area contributed by atoms with Crippen molar-refractivity contribution in [3.63, 3.8) is 0 Å². The lowest BCUT2D eigenvalue weighted by atomic mass is 10.0. The van der Waals surface area contributed by atoms with Gasteiger partial charge in [-0.15, -0.1) is 0 Å². The van der Waals surface area contributed by atoms with E-state index in [1.54, 1.807) is 13.2 Å². The van der Waals surface area contributed by atoms with E-state index >= 15 is 0 Å². The highest BCUT2D eigenvalue weighted by atomic mass is 16.5. The second kappa shape index (κ2) is 11.3. The number of pyridine rings is 1. The van der Waals surface area contributed by atoms with Crippen LogP contribution in [0.5, 0.6) is 5.75 Å². The van der Waals surface area contributed by atoms with Crippen LogP contribution in [-0.2, 0) is 20.9 Å². The topological polar surface area (TPSA) is 97.8 Å². The fourth-order valence-electron chi connectivity index (χ4n) is 4.23. The predicted molar refractivity (Wildman–Crippen MR) is 136 cm³/mol. The summed E-state index contributed by atoms with van der Waals surface area (Å²) in [7, 11) is 1.60. The maximum Gasteiger partial charge on any atom is 0.270 e. The van der Waals surface area contributed by atoms with Crippen LogP contribution in [0.4, 0.5) is 0 Å². The van der Waals surface area contributed by atoms with Gasteiger partial charge in [-0.25, -0.2) is 4.98 Å². The number of nitrogens with one attached hydrogen (secondary N) is 1. The zero-order chi connectivity index (χ0) is 25.7. The van der Waals surface area contributed by atoms with Gasteiger partial charge in [0.1, 0.15) is 23.6 Å². The molecular formula is C28H31N3O5. The minimum Gasteiger partial charge on any atom is -0.497 e. The number of para-hydroxylation sites is 1. The van der Waals surface area contributed by atoms with Gasteiger partial charge in [0.25, 0.3) is 5.91 Å². The van der Waals surface area contributed by atoms with E-state index in [1.807, 2.05) is 68.4 Å². The van der Waals surface area contributed by atoms with Gasteiger partial charge in [0.2, 0.25) is 5.91 Å². The molecule has 188 valence electrons. The number of Topliss-reactive ketones (excluding diaryl/α,β-unsaturated/α-hetero) is 1. The first-order chi connectivity index (χ1) is 17.3. The Kier molecular flexibility index (Phi) is 7.95. The summed E-state index contributed by atoms with van der Waals surface area (Å²) in [6.45, 7) is 4.34. The summed E-state index contributed by atoms with van der Waals surface area (Å²) in [5, 5.41) is 3.78. The smallest absolute Gasteiger partial charge is 0.270 e. The number of methoxy groups -OCH3 is 1. The first-order valence-electron chi connectivity index (χ1n) is 12.1. The van der Waals surface area contributed by atoms with E-state index in [1.165, 1.54) is 4.90 Å². The molecule has 1 aromatic heterocycles. The first kappa shape index (κ1) is 25.3. The monoisotopic (exact) mass is 489 g/mol. The number of hydrogen-bond acceptors (Lipinski definition) is 6. The molecule has 8 heteroatoms. The van der Waals surface area contributed by atoms with Crippen LogP contribution < -0.4 is 10.1 Å². The lowest BCUT2D eigenvalue weighted by molar-refractivity contribution is -0.133. The molecule has 3 aromatic rings. The zero-order valence-electron chi connectivity index (χ0n) is 20.8. The highest BCUT2D eigenvalue weighted by Crippen LogP contribution is 2.18. The molecule has 0 radical (unpaired) electrons. The Hall–Kier alpha value is -3.78. The van der Waals surface area contributed by atoms with Gasteiger partial charge in [0.15, 0.2) is 5.78 Å². The quantitative estimate of drug-likeness (QED) is 0.495. The second-order valence-electron chi connectivity index (χ2n) is 9.38. The number of carbonyl (C=O) groups excluding carboxylic acids is 3. The molecule has 0 aliphatic carbocycles. The Bertz CT molecular complexity index is 1240. The Morgan fingerprint density at radius 2 is 1.83 bits per heavy atom. The highest BCUT2D eigenvalue weighted by molar-refractivity contribution is 5.99. The van der Waals surface area contributed by atoms with Crippen molar-refractivity contribution in [3.8, 4) is 5.75 Å². The molecule has 1 fully saturated rings. The number of ether oxygens (including phenoxy) is 2.